The number of nitrogens with two attached hydrogens (primary N) is 2. The number of nitrogens with one attached hydrogen (secondary N) is 4. The Morgan fingerprint density at radius 1 is 0.735 bits per heavy atom. The predicted octanol–water partition coefficient (Wildman–Crippen LogP) is -3.55. The van der Waals surface area contributed by atoms with Crippen molar-refractivity contribution in [1.82, 2.24) is 35.7 Å². The third-order valence-corrected chi connectivity index (χ3v) is 11.8. The second kappa shape index (κ2) is 27.1. The minimum absolute atomic E-state index is 0.103. The largest absolute Gasteiger partial charge is 0.394 e. The number of unbranched alkanes of at least 4 members (excludes halogenated alkanes) is 1. The van der Waals surface area contributed by atoms with Crippen LogP contribution < -0.4 is 27.4 Å². The average molecular weight is 978 g/mol. The number of aromatic nitrogens is 2. The van der Waals surface area contributed by atoms with Crippen LogP contribution >= 0.6 is 11.6 Å². The number of aliphatic hydroxyl groups excluding tert-OH is 10. The van der Waals surface area contributed by atoms with E-state index in [2.05, 4.69) is 25.9 Å². The van der Waals surface area contributed by atoms with Gasteiger partial charge >= 0.3 is 0 Å². The second-order valence-electron chi connectivity index (χ2n) is 16.6. The minimum Gasteiger partial charge on any atom is -0.394 e. The Morgan fingerprint density at radius 3 is 1.81 bits per heavy atom. The normalized spacial score (nSPS) is 17.4. The maximum absolute atomic E-state index is 13.4. The third kappa shape index (κ3) is 16.2. The van der Waals surface area contributed by atoms with E-state index < -0.39 is 93.0 Å². The molecular formula is C44H65ClN10O13. The van der Waals surface area contributed by atoms with Crippen molar-refractivity contribution < 1.29 is 65.4 Å². The zero-order chi connectivity index (χ0) is 50.1. The Kier molecular flexibility index (Phi) is 22.1. The van der Waals surface area contributed by atoms with Crippen LogP contribution in [0.4, 0.5) is 11.6 Å². The third-order valence-electron chi connectivity index (χ3n) is 11.6. The fraction of sp³-hybridized carbons (Fsp3) is 0.545. The molecule has 1 unspecified atom stereocenters. The van der Waals surface area contributed by atoms with Crippen LogP contribution in [-0.2, 0) is 22.4 Å². The highest BCUT2D eigenvalue weighted by molar-refractivity contribution is 6.31. The molecular weight excluding hydrogens is 912 g/mol. The van der Waals surface area contributed by atoms with Crippen molar-refractivity contribution in [2.24, 2.45) is 0 Å². The molecule has 0 aliphatic carbocycles. The van der Waals surface area contributed by atoms with E-state index in [0.717, 1.165) is 41.5 Å². The van der Waals surface area contributed by atoms with Crippen LogP contribution in [0.15, 0.2) is 48.5 Å². The molecule has 0 saturated carbocycles. The Hall–Kier alpha value is -5.15. The first-order valence-electron chi connectivity index (χ1n) is 22.2. The predicted molar refractivity (Wildman–Crippen MR) is 249 cm³/mol. The fourth-order valence-corrected chi connectivity index (χ4v) is 7.66. The summed E-state index contributed by atoms with van der Waals surface area (Å²) in [6.45, 7) is -2.19. The van der Waals surface area contributed by atoms with E-state index in [4.69, 9.17) is 38.7 Å². The fourth-order valence-electron chi connectivity index (χ4n) is 7.54. The quantitative estimate of drug-likeness (QED) is 0.0210. The number of likely N-dealkylation sites (tertiary alicyclic amines) is 1. The first-order valence-corrected chi connectivity index (χ1v) is 22.6. The molecule has 68 heavy (non-hydrogen) atoms. The van der Waals surface area contributed by atoms with E-state index in [9.17, 15) is 55.2 Å². The van der Waals surface area contributed by atoms with Crippen molar-refractivity contribution in [1.29, 1.82) is 5.41 Å². The Balaban J connectivity index is 1.21. The summed E-state index contributed by atoms with van der Waals surface area (Å²) in [4.78, 5) is 49.5. The molecule has 376 valence electrons. The van der Waals surface area contributed by atoms with Crippen LogP contribution in [0.3, 0.4) is 0 Å². The molecule has 1 aliphatic rings. The first-order chi connectivity index (χ1) is 32.3. The SMILES string of the molecule is N=C(NCCCCc1ccc(-c2ccc(CCC(=O)N3CCCC3C(=O)NCCN(C[C@H](O)[C@@H](O)[C@H](O)[C@H](O)CO)C[C@H](O)[C@@H](O)[C@H](O)[C@H](O)CO)cc2)cc1)NC(=O)c1nc(Cl)c(N)nc1N. The molecule has 0 bridgehead atoms. The summed E-state index contributed by atoms with van der Waals surface area (Å²) >= 11 is 5.83. The number of guanidine groups is 1. The van der Waals surface area contributed by atoms with Crippen molar-refractivity contribution in [3.05, 3.63) is 70.5 Å². The molecule has 18 N–H and O–H groups in total. The lowest BCUT2D eigenvalue weighted by molar-refractivity contribution is -0.138. The number of hydrogen-bond donors (Lipinski definition) is 16. The van der Waals surface area contributed by atoms with Crippen molar-refractivity contribution in [2.45, 2.75) is 99.8 Å². The molecule has 23 nitrogen and oxygen atoms in total. The number of anilines is 2. The van der Waals surface area contributed by atoms with Crippen LogP contribution in [-0.4, -0.2) is 202 Å². The number of benzene rings is 2. The Labute approximate surface area is 397 Å². The maximum atomic E-state index is 13.4. The van der Waals surface area contributed by atoms with Crippen LogP contribution in [0, 0.1) is 5.41 Å². The van der Waals surface area contributed by atoms with E-state index >= 15 is 0 Å². The van der Waals surface area contributed by atoms with E-state index in [0.29, 0.717) is 32.4 Å². The monoisotopic (exact) mass is 976 g/mol. The number of aliphatic hydroxyl groups is 10. The van der Waals surface area contributed by atoms with Gasteiger partial charge in [-0.05, 0) is 60.8 Å². The van der Waals surface area contributed by atoms with Crippen molar-refractivity contribution in [3.8, 4) is 11.1 Å². The van der Waals surface area contributed by atoms with E-state index in [-0.39, 0.29) is 53.9 Å². The smallest absolute Gasteiger partial charge is 0.280 e. The molecule has 0 radical (unpaired) electrons. The number of aryl methyl sites for hydroxylation is 2. The minimum atomic E-state index is -1.96. The van der Waals surface area contributed by atoms with Crippen LogP contribution in [0.1, 0.15) is 53.7 Å². The number of carbonyl (C=O) groups excluding carboxylic acids is 3. The van der Waals surface area contributed by atoms with Gasteiger partial charge in [0, 0.05) is 45.7 Å². The highest BCUT2D eigenvalue weighted by Crippen LogP contribution is 2.24. The maximum Gasteiger partial charge on any atom is 0.280 e. The molecule has 1 fully saturated rings. The lowest BCUT2D eigenvalue weighted by atomic mass is 9.99. The van der Waals surface area contributed by atoms with Crippen molar-refractivity contribution >= 4 is 46.9 Å². The molecule has 1 aliphatic heterocycles. The van der Waals surface area contributed by atoms with Crippen molar-refractivity contribution in [3.63, 3.8) is 0 Å². The van der Waals surface area contributed by atoms with Gasteiger partial charge in [0.15, 0.2) is 28.4 Å². The molecule has 2 aromatic carbocycles. The molecule has 3 amide bonds. The molecule has 3 aromatic rings. The van der Waals surface area contributed by atoms with Gasteiger partial charge in [-0.25, -0.2) is 9.97 Å². The highest BCUT2D eigenvalue weighted by atomic mass is 35.5. The summed E-state index contributed by atoms with van der Waals surface area (Å²) in [6.07, 6.45) is -10.9. The van der Waals surface area contributed by atoms with Gasteiger partial charge in [-0.3, -0.25) is 30.0 Å². The number of rotatable bonds is 26. The van der Waals surface area contributed by atoms with Crippen LogP contribution in [0.5, 0.6) is 0 Å². The van der Waals surface area contributed by atoms with Gasteiger partial charge in [0.05, 0.1) is 25.4 Å². The topological polar surface area (TPSA) is 398 Å². The van der Waals surface area contributed by atoms with Gasteiger partial charge in [0.1, 0.15) is 42.7 Å². The average Bonchev–Trinajstić information content (AvgIpc) is 3.83. The lowest BCUT2D eigenvalue weighted by Gasteiger charge is -2.33. The first kappa shape index (κ1) is 55.4. The number of halogens is 1. The number of amides is 3. The van der Waals surface area contributed by atoms with Crippen LogP contribution in [0.25, 0.3) is 11.1 Å². The van der Waals surface area contributed by atoms with Gasteiger partial charge < -0.3 is 78.1 Å². The van der Waals surface area contributed by atoms with E-state index in [1.807, 2.05) is 48.5 Å². The summed E-state index contributed by atoms with van der Waals surface area (Å²) in [5, 5.41) is 115. The van der Waals surface area contributed by atoms with Gasteiger partial charge in [-0.1, -0.05) is 60.1 Å². The number of hydrogen-bond acceptors (Lipinski definition) is 19. The lowest BCUT2D eigenvalue weighted by Crippen LogP contribution is -2.54. The summed E-state index contributed by atoms with van der Waals surface area (Å²) in [7, 11) is 0. The zero-order valence-electron chi connectivity index (χ0n) is 37.4. The number of carbonyl (C=O) groups is 3. The Morgan fingerprint density at radius 2 is 1.26 bits per heavy atom. The summed E-state index contributed by atoms with van der Waals surface area (Å²) < 4.78 is 0. The summed E-state index contributed by atoms with van der Waals surface area (Å²) in [5.74, 6) is -1.92. The number of nitrogens with zero attached hydrogens (tertiary/aromatic N) is 4. The highest BCUT2D eigenvalue weighted by Gasteiger charge is 2.36. The standard InChI is InChI=1S/C44H65ClN10O13/c45-39-41(47)52-40(46)34(51-39)43(68)53-44(48)50-16-2-1-4-24-6-11-26(12-7-24)27-13-8-25(9-14-27)10-15-33(62)55-18-3-5-28(55)42(67)49-17-19-54(20-29(58)35(63)37(65)31(60)22-56)21-30(59)36(64)38(66)32(61)23-57/h6-9,11-14,28-32,35-38,56-61,63-66H,1-5,10,15-23H2,(H,49,67)(H4,46,47,52)(H3,48,50,53,68)/t28?,29-,30-,31+,32+,35+,36+,37+,38+/m0/s1. The van der Waals surface area contributed by atoms with E-state index in [1.165, 1.54) is 9.80 Å². The summed E-state index contributed by atoms with van der Waals surface area (Å²) in [5.41, 5.74) is 15.1. The van der Waals surface area contributed by atoms with E-state index in [1.54, 1.807) is 0 Å². The molecule has 2 heterocycles. The molecule has 4 rings (SSSR count). The summed E-state index contributed by atoms with van der Waals surface area (Å²) in [6, 6.07) is 15.3. The van der Waals surface area contributed by atoms with Gasteiger partial charge in [0.25, 0.3) is 5.91 Å². The van der Waals surface area contributed by atoms with Gasteiger partial charge in [-0.2, -0.15) is 0 Å². The molecule has 24 heteroatoms. The number of nitrogen functional groups attached to an aromatic ring is 2. The van der Waals surface area contributed by atoms with Crippen molar-refractivity contribution in [2.75, 3.05) is 63.9 Å². The Bertz CT molecular complexity index is 2060. The van der Waals surface area contributed by atoms with Gasteiger partial charge in [0.2, 0.25) is 11.8 Å². The molecule has 9 atom stereocenters. The second-order valence-corrected chi connectivity index (χ2v) is 17.0. The molecule has 1 aromatic heterocycles. The molecule has 1 saturated heterocycles. The van der Waals surface area contributed by atoms with Crippen LogP contribution in [0.2, 0.25) is 5.15 Å². The molecule has 0 spiro atoms. The van der Waals surface area contributed by atoms with Gasteiger partial charge in [-0.15, -0.1) is 0 Å². The zero-order valence-corrected chi connectivity index (χ0v) is 38.2.